The largest absolute Gasteiger partial charge is 0.384 e. The minimum atomic E-state index is -3.67. The Bertz CT molecular complexity index is 659. The quantitative estimate of drug-likeness (QED) is 0.737. The van der Waals surface area contributed by atoms with E-state index < -0.39 is 10.0 Å². The van der Waals surface area contributed by atoms with Gasteiger partial charge in [-0.2, -0.15) is 0 Å². The van der Waals surface area contributed by atoms with Crippen LogP contribution in [0, 0.1) is 11.8 Å². The summed E-state index contributed by atoms with van der Waals surface area (Å²) in [6, 6.07) is 6.15. The van der Waals surface area contributed by atoms with Gasteiger partial charge in [0.15, 0.2) is 0 Å². The van der Waals surface area contributed by atoms with Gasteiger partial charge in [-0.3, -0.25) is 4.79 Å². The summed E-state index contributed by atoms with van der Waals surface area (Å²) in [5, 5.41) is 11.1. The van der Waals surface area contributed by atoms with Crippen LogP contribution in [-0.2, 0) is 14.8 Å². The van der Waals surface area contributed by atoms with Gasteiger partial charge in [-0.1, -0.05) is 17.9 Å². The van der Waals surface area contributed by atoms with E-state index in [4.69, 9.17) is 5.11 Å². The molecular weight excluding hydrogens is 292 g/mol. The van der Waals surface area contributed by atoms with Crippen molar-refractivity contribution >= 4 is 15.9 Å². The van der Waals surface area contributed by atoms with Gasteiger partial charge in [0, 0.05) is 32.6 Å². The zero-order valence-corrected chi connectivity index (χ0v) is 12.8. The van der Waals surface area contributed by atoms with Crippen LogP contribution in [0.4, 0.5) is 0 Å². The molecule has 114 valence electrons. The lowest BCUT2D eigenvalue weighted by molar-refractivity contribution is -0.120. The normalized spacial score (nSPS) is 10.9. The monoisotopic (exact) mass is 310 g/mol. The molecule has 2 N–H and O–H groups in total. The topological polar surface area (TPSA) is 86.7 Å². The molecule has 7 heteroatoms. The van der Waals surface area contributed by atoms with Gasteiger partial charge in [0.1, 0.15) is 6.61 Å². The number of carbonyl (C=O) groups is 1. The molecule has 0 aliphatic heterocycles. The first kappa shape index (κ1) is 17.2. The van der Waals surface area contributed by atoms with Gasteiger partial charge in [0.2, 0.25) is 15.9 Å². The van der Waals surface area contributed by atoms with Crippen LogP contribution in [0.1, 0.15) is 12.0 Å². The first-order chi connectivity index (χ1) is 9.91. The zero-order valence-electron chi connectivity index (χ0n) is 12.0. The molecular formula is C14H18N2O4S. The van der Waals surface area contributed by atoms with Crippen molar-refractivity contribution in [2.75, 3.05) is 27.2 Å². The highest BCUT2D eigenvalue weighted by Gasteiger charge is 2.21. The van der Waals surface area contributed by atoms with Gasteiger partial charge >= 0.3 is 0 Å². The summed E-state index contributed by atoms with van der Waals surface area (Å²) in [4.78, 5) is 11.3. The highest BCUT2D eigenvalue weighted by Crippen LogP contribution is 2.15. The second-order valence-corrected chi connectivity index (χ2v) is 6.28. The van der Waals surface area contributed by atoms with Gasteiger partial charge in [0.25, 0.3) is 0 Å². The molecule has 0 saturated carbocycles. The fourth-order valence-corrected chi connectivity index (χ4v) is 2.78. The van der Waals surface area contributed by atoms with E-state index in [9.17, 15) is 13.2 Å². The number of benzene rings is 1. The van der Waals surface area contributed by atoms with Crippen molar-refractivity contribution in [2.45, 2.75) is 11.3 Å². The fraction of sp³-hybridized carbons (Fsp3) is 0.357. The third-order valence-corrected chi connectivity index (χ3v) is 4.64. The first-order valence-corrected chi connectivity index (χ1v) is 7.72. The number of hydrogen-bond donors (Lipinski definition) is 2. The average Bonchev–Trinajstić information content (AvgIpc) is 2.50. The maximum absolute atomic E-state index is 12.4. The molecule has 1 aromatic carbocycles. The first-order valence-electron chi connectivity index (χ1n) is 6.28. The van der Waals surface area contributed by atoms with Gasteiger partial charge in [-0.25, -0.2) is 12.7 Å². The molecule has 0 atom stereocenters. The summed E-state index contributed by atoms with van der Waals surface area (Å²) in [6.07, 6.45) is 0.0935. The molecule has 0 saturated heterocycles. The molecule has 1 rings (SSSR count). The van der Waals surface area contributed by atoms with E-state index in [2.05, 4.69) is 17.2 Å². The van der Waals surface area contributed by atoms with Crippen molar-refractivity contribution in [3.05, 3.63) is 29.8 Å². The van der Waals surface area contributed by atoms with Crippen molar-refractivity contribution in [3.63, 3.8) is 0 Å². The molecule has 1 amide bonds. The van der Waals surface area contributed by atoms with E-state index in [-0.39, 0.29) is 30.4 Å². The molecule has 0 radical (unpaired) electrons. The van der Waals surface area contributed by atoms with Crippen molar-refractivity contribution < 1.29 is 18.3 Å². The summed E-state index contributed by atoms with van der Waals surface area (Å²) >= 11 is 0. The Morgan fingerprint density at radius 1 is 1.43 bits per heavy atom. The number of aliphatic hydroxyl groups excluding tert-OH is 1. The minimum absolute atomic E-state index is 0.0918. The standard InChI is InChI=1S/C14H18N2O4S/c1-15-14(18)8-9-16(2)21(19,20)13-7-3-5-12(11-13)6-4-10-17/h3,5,7,11,17H,8-10H2,1-2H3,(H,15,18). The van der Waals surface area contributed by atoms with Crippen LogP contribution >= 0.6 is 0 Å². The van der Waals surface area contributed by atoms with Crippen LogP contribution < -0.4 is 5.32 Å². The Morgan fingerprint density at radius 2 is 2.14 bits per heavy atom. The highest BCUT2D eigenvalue weighted by atomic mass is 32.2. The Labute approximate surface area is 124 Å². The maximum Gasteiger partial charge on any atom is 0.242 e. The van der Waals surface area contributed by atoms with Crippen LogP contribution in [0.15, 0.2) is 29.2 Å². The number of sulfonamides is 1. The Balaban J connectivity index is 2.94. The third kappa shape index (κ3) is 4.86. The number of carbonyl (C=O) groups excluding carboxylic acids is 1. The Hall–Kier alpha value is -1.88. The van der Waals surface area contributed by atoms with Crippen LogP contribution in [0.5, 0.6) is 0 Å². The lowest BCUT2D eigenvalue weighted by Gasteiger charge is -2.16. The van der Waals surface area contributed by atoms with Crippen LogP contribution in [0.2, 0.25) is 0 Å². The lowest BCUT2D eigenvalue weighted by Crippen LogP contribution is -2.31. The van der Waals surface area contributed by atoms with Crippen molar-refractivity contribution in [1.82, 2.24) is 9.62 Å². The second kappa shape index (κ2) is 7.78. The number of aliphatic hydroxyl groups is 1. The predicted octanol–water partition coefficient (Wildman–Crippen LogP) is -0.213. The summed E-state index contributed by atoms with van der Waals surface area (Å²) in [6.45, 7) is -0.197. The number of amides is 1. The minimum Gasteiger partial charge on any atom is -0.384 e. The zero-order chi connectivity index (χ0) is 15.9. The van der Waals surface area contributed by atoms with Gasteiger partial charge < -0.3 is 10.4 Å². The van der Waals surface area contributed by atoms with E-state index in [1.165, 1.54) is 26.2 Å². The van der Waals surface area contributed by atoms with Gasteiger partial charge in [-0.05, 0) is 18.2 Å². The second-order valence-electron chi connectivity index (χ2n) is 4.24. The molecule has 0 fully saturated rings. The van der Waals surface area contributed by atoms with Gasteiger partial charge in [-0.15, -0.1) is 0 Å². The van der Waals surface area contributed by atoms with Crippen LogP contribution in [0.3, 0.4) is 0 Å². The van der Waals surface area contributed by atoms with E-state index in [1.807, 2.05) is 0 Å². The fourth-order valence-electron chi connectivity index (χ4n) is 1.56. The van der Waals surface area contributed by atoms with E-state index >= 15 is 0 Å². The van der Waals surface area contributed by atoms with Crippen molar-refractivity contribution in [3.8, 4) is 11.8 Å². The SMILES string of the molecule is CNC(=O)CCN(C)S(=O)(=O)c1cccc(C#CCO)c1. The third-order valence-electron chi connectivity index (χ3n) is 2.79. The van der Waals surface area contributed by atoms with E-state index in [0.29, 0.717) is 5.56 Å². The van der Waals surface area contributed by atoms with E-state index in [1.54, 1.807) is 12.1 Å². The van der Waals surface area contributed by atoms with Crippen molar-refractivity contribution in [1.29, 1.82) is 0 Å². The number of hydrogen-bond acceptors (Lipinski definition) is 4. The lowest BCUT2D eigenvalue weighted by atomic mass is 10.2. The Morgan fingerprint density at radius 3 is 2.76 bits per heavy atom. The Kier molecular flexibility index (Phi) is 6.37. The molecule has 0 aromatic heterocycles. The van der Waals surface area contributed by atoms with Gasteiger partial charge in [0.05, 0.1) is 4.90 Å². The molecule has 0 unspecified atom stereocenters. The summed E-state index contributed by atoms with van der Waals surface area (Å²) in [5.41, 5.74) is 0.504. The maximum atomic E-state index is 12.4. The summed E-state index contributed by atoms with van der Waals surface area (Å²) in [7, 11) is -0.746. The average molecular weight is 310 g/mol. The molecule has 0 aliphatic carbocycles. The van der Waals surface area contributed by atoms with E-state index in [0.717, 1.165) is 4.31 Å². The molecule has 0 bridgehead atoms. The highest BCUT2D eigenvalue weighted by molar-refractivity contribution is 7.89. The number of rotatable bonds is 5. The molecule has 6 nitrogen and oxygen atoms in total. The molecule has 0 heterocycles. The van der Waals surface area contributed by atoms with Crippen LogP contribution in [-0.4, -0.2) is 51.0 Å². The molecule has 1 aromatic rings. The molecule has 21 heavy (non-hydrogen) atoms. The van der Waals surface area contributed by atoms with Crippen LogP contribution in [0.25, 0.3) is 0 Å². The summed E-state index contributed by atoms with van der Waals surface area (Å²) in [5.74, 6) is 4.90. The smallest absolute Gasteiger partial charge is 0.242 e. The summed E-state index contributed by atoms with van der Waals surface area (Å²) < 4.78 is 25.8. The number of nitrogens with zero attached hydrogens (tertiary/aromatic N) is 1. The molecule has 0 aliphatic rings. The van der Waals surface area contributed by atoms with Crippen molar-refractivity contribution in [2.24, 2.45) is 0 Å². The molecule has 0 spiro atoms. The predicted molar refractivity (Wildman–Crippen MR) is 78.9 cm³/mol. The number of nitrogens with one attached hydrogen (secondary N) is 1.